The van der Waals surface area contributed by atoms with E-state index in [-0.39, 0.29) is 164 Å². The van der Waals surface area contributed by atoms with Crippen molar-refractivity contribution in [2.45, 2.75) is 0 Å². The zero-order valence-corrected chi connectivity index (χ0v) is 16.8. The van der Waals surface area contributed by atoms with Crippen LogP contribution in [0, 0.1) is 0 Å². The molecule has 0 saturated heterocycles. The minimum absolute atomic E-state index is 0. The van der Waals surface area contributed by atoms with Crippen LogP contribution in [-0.2, 0) is 57.6 Å². The Morgan fingerprint density at radius 1 is 1.17 bits per heavy atom. The Morgan fingerprint density at radius 2 is 1.17 bits per heavy atom. The van der Waals surface area contributed by atoms with Crippen molar-refractivity contribution in [3.05, 3.63) is 0 Å². The van der Waals surface area contributed by atoms with E-state index < -0.39 is 0 Å². The average Bonchev–Trinajstić information content (AvgIpc) is 0. The van der Waals surface area contributed by atoms with Gasteiger partial charge in [0, 0.05) is 74.7 Å². The van der Waals surface area contributed by atoms with E-state index >= 15 is 0 Å². The number of hydrogen-bond acceptors (Lipinski definition) is 0. The van der Waals surface area contributed by atoms with E-state index in [0.717, 1.165) is 0 Å². The van der Waals surface area contributed by atoms with E-state index in [0.29, 0.717) is 0 Å². The third kappa shape index (κ3) is 23.0. The van der Waals surface area contributed by atoms with Gasteiger partial charge < -0.3 is 5.71 Å². The molecule has 0 N–H and O–H groups in total. The van der Waals surface area contributed by atoms with Crippen molar-refractivity contribution in [2.24, 2.45) is 0 Å². The molecule has 0 rings (SSSR count). The maximum atomic E-state index is 0. The molecule has 0 bridgehead atoms. The van der Waals surface area contributed by atoms with Crippen LogP contribution >= 0.6 is 0 Å². The summed E-state index contributed by atoms with van der Waals surface area (Å²) in [5.41, 5.74) is 0. The van der Waals surface area contributed by atoms with Crippen LogP contribution in [-0.4, -0.2) is 100 Å². The van der Waals surface area contributed by atoms with Gasteiger partial charge in [-0.05, 0) is 0 Å². The molecule has 0 aromatic carbocycles. The van der Waals surface area contributed by atoms with Crippen LogP contribution in [0.15, 0.2) is 0 Å². The molecule has 0 saturated carbocycles. The largest absolute Gasteiger partial charge is 2.00 e. The van der Waals surface area contributed by atoms with Gasteiger partial charge in [-0.3, -0.25) is 0 Å². The van der Waals surface area contributed by atoms with Gasteiger partial charge in [0.25, 0.3) is 0 Å². The molecule has 0 heterocycles. The van der Waals surface area contributed by atoms with Gasteiger partial charge in [-0.1, -0.05) is 0 Å². The van der Waals surface area contributed by atoms with Crippen molar-refractivity contribution in [2.75, 3.05) is 0 Å². The van der Waals surface area contributed by atoms with Crippen LogP contribution in [0.1, 0.15) is 5.71 Å². The maximum Gasteiger partial charge on any atom is 2.00 e. The van der Waals surface area contributed by atoms with E-state index in [1.807, 2.05) is 0 Å². The zero-order chi connectivity index (χ0) is 0. The molecule has 0 aromatic rings. The van der Waals surface area contributed by atoms with Crippen LogP contribution in [0.3, 0.4) is 0 Å². The molecule has 0 aliphatic rings. The van der Waals surface area contributed by atoms with Crippen molar-refractivity contribution in [3.8, 4) is 0 Å². The number of hydrogen-bond donors (Lipinski definition) is 0. The molecule has 0 spiro atoms. The summed E-state index contributed by atoms with van der Waals surface area (Å²) in [6.45, 7) is 0. The van der Waals surface area contributed by atoms with E-state index in [1.54, 1.807) is 0 Å². The van der Waals surface area contributed by atoms with Crippen LogP contribution < -0.4 is 0 Å². The third-order valence-corrected chi connectivity index (χ3v) is 0. The SMILES string of the molecule is [Ca+2].[Fe].[H-].[H-].[H-].[H-].[Mo].[Se].[Sr+2].[Zn]. The smallest absolute Gasteiger partial charge is 1.00 e. The average molecular weight is 428 g/mol. The number of rotatable bonds is 0. The van der Waals surface area contributed by atoms with Gasteiger partial charge in [-0.2, -0.15) is 0 Å². The third-order valence-electron chi connectivity index (χ3n) is 0. The quantitative estimate of drug-likeness (QED) is 0.449. The summed E-state index contributed by atoms with van der Waals surface area (Å²) in [7, 11) is 0. The standard InChI is InChI=1S/Ca.Fe.Mo.Se.Sr.Zn.4H/q+2;;;;+2;;4*-1. The Kier molecular flexibility index (Phi) is 234. The van der Waals surface area contributed by atoms with E-state index in [4.69, 9.17) is 0 Å². The van der Waals surface area contributed by atoms with Gasteiger partial charge in [0.15, 0.2) is 0 Å². The van der Waals surface area contributed by atoms with E-state index in [9.17, 15) is 0 Å². The first kappa shape index (κ1) is 43.6. The molecule has 2 radical (unpaired) electrons. The maximum absolute atomic E-state index is 0. The van der Waals surface area contributed by atoms with Crippen molar-refractivity contribution in [3.63, 3.8) is 0 Å². The molecule has 6 heteroatoms. The molecular formula is H4CaFeMoSeSrZn. The van der Waals surface area contributed by atoms with Crippen molar-refractivity contribution < 1.29 is 63.3 Å². The molecule has 0 atom stereocenters. The predicted octanol–water partition coefficient (Wildman–Crippen LogP) is -0.700. The molecule has 0 aliphatic carbocycles. The molecule has 0 fully saturated rings. The summed E-state index contributed by atoms with van der Waals surface area (Å²) >= 11 is 0. The van der Waals surface area contributed by atoms with Crippen molar-refractivity contribution >= 4 is 100 Å². The van der Waals surface area contributed by atoms with E-state index in [1.165, 1.54) is 0 Å². The van der Waals surface area contributed by atoms with Gasteiger partial charge in [0.2, 0.25) is 0 Å². The van der Waals surface area contributed by atoms with Gasteiger partial charge in [0.05, 0.1) is 0 Å². The predicted molar refractivity (Wildman–Crippen MR) is 21.7 cm³/mol. The Labute approximate surface area is 159 Å². The van der Waals surface area contributed by atoms with Crippen LogP contribution in [0.5, 0.6) is 0 Å². The molecule has 0 nitrogen and oxygen atoms in total. The normalized spacial score (nSPS) is 0. The minimum Gasteiger partial charge on any atom is -1.00 e. The summed E-state index contributed by atoms with van der Waals surface area (Å²) in [5, 5.41) is 0. The monoisotopic (exact) mass is 430 g/mol. The van der Waals surface area contributed by atoms with Gasteiger partial charge >= 0.3 is 83.2 Å². The summed E-state index contributed by atoms with van der Waals surface area (Å²) in [6.07, 6.45) is 0. The fourth-order valence-electron chi connectivity index (χ4n) is 0. The Balaban J connectivity index is 0. The summed E-state index contributed by atoms with van der Waals surface area (Å²) in [6, 6.07) is 0. The topological polar surface area (TPSA) is 0 Å². The Morgan fingerprint density at radius 3 is 1.17 bits per heavy atom. The first-order valence-corrected chi connectivity index (χ1v) is 0. The fourth-order valence-corrected chi connectivity index (χ4v) is 0. The summed E-state index contributed by atoms with van der Waals surface area (Å²) in [5.74, 6) is 0. The first-order chi connectivity index (χ1) is 0. The van der Waals surface area contributed by atoms with Crippen molar-refractivity contribution in [1.82, 2.24) is 0 Å². The molecule has 0 aliphatic heterocycles. The van der Waals surface area contributed by atoms with Gasteiger partial charge in [0.1, 0.15) is 0 Å². The van der Waals surface area contributed by atoms with Gasteiger partial charge in [-0.25, -0.2) is 0 Å². The first-order valence-electron chi connectivity index (χ1n) is 0. The molecule has 30 valence electrons. The van der Waals surface area contributed by atoms with E-state index in [2.05, 4.69) is 0 Å². The second kappa shape index (κ2) is 32.2. The molecule has 0 amide bonds. The minimum atomic E-state index is 0. The van der Waals surface area contributed by atoms with Crippen LogP contribution in [0.25, 0.3) is 0 Å². The fraction of sp³-hybridized carbons (Fsp3) is 0. The zero-order valence-electron chi connectivity index (χ0n) is 7.29. The molecule has 0 unspecified atom stereocenters. The second-order valence-electron chi connectivity index (χ2n) is 0. The second-order valence-corrected chi connectivity index (χ2v) is 0. The van der Waals surface area contributed by atoms with Crippen molar-refractivity contribution in [1.29, 1.82) is 0 Å². The molecular weight excluding hydrogens is 424 g/mol. The molecule has 0 aromatic heterocycles. The van der Waals surface area contributed by atoms with Crippen LogP contribution in [0.2, 0.25) is 0 Å². The summed E-state index contributed by atoms with van der Waals surface area (Å²) in [4.78, 5) is 0. The molecule has 6 heavy (non-hydrogen) atoms. The Bertz CT molecular complexity index is 25.2. The van der Waals surface area contributed by atoms with Crippen LogP contribution in [0.4, 0.5) is 0 Å². The van der Waals surface area contributed by atoms with Gasteiger partial charge in [-0.15, -0.1) is 0 Å². The Hall–Kier alpha value is 5.09. The summed E-state index contributed by atoms with van der Waals surface area (Å²) < 4.78 is 0.